The standard InChI is InChI=1S/C22H20ClN3O7S2/c1-13-10-19-17(26(2)22(27)33-19)12-20(13)34(28,29)24-15-5-7-16(8-6-15)25-35(30,31)21-11-14(23)4-9-18(21)32-3/h4-12,24-25H,1-3H3. The van der Waals surface area contributed by atoms with Crippen molar-refractivity contribution in [3.05, 3.63) is 75.7 Å². The van der Waals surface area contributed by atoms with Gasteiger partial charge >= 0.3 is 5.76 Å². The molecule has 0 aliphatic carbocycles. The summed E-state index contributed by atoms with van der Waals surface area (Å²) in [6.45, 7) is 1.59. The van der Waals surface area contributed by atoms with Gasteiger partial charge in [0.15, 0.2) is 5.58 Å². The van der Waals surface area contributed by atoms with Gasteiger partial charge in [-0.2, -0.15) is 0 Å². The van der Waals surface area contributed by atoms with Crippen molar-refractivity contribution >= 4 is 54.1 Å². The van der Waals surface area contributed by atoms with E-state index in [1.165, 1.54) is 73.3 Å². The summed E-state index contributed by atoms with van der Waals surface area (Å²) in [5.74, 6) is -0.482. The van der Waals surface area contributed by atoms with Gasteiger partial charge in [-0.25, -0.2) is 21.6 Å². The second-order valence-corrected chi connectivity index (χ2v) is 11.3. The van der Waals surface area contributed by atoms with Crippen LogP contribution in [0.25, 0.3) is 11.1 Å². The third kappa shape index (κ3) is 4.85. The Hall–Kier alpha value is -3.48. The molecule has 2 N–H and O–H groups in total. The number of fused-ring (bicyclic) bond motifs is 1. The second-order valence-electron chi connectivity index (χ2n) is 7.60. The fraction of sp³-hybridized carbons (Fsp3) is 0.136. The molecule has 0 aliphatic heterocycles. The van der Waals surface area contributed by atoms with Crippen molar-refractivity contribution < 1.29 is 26.0 Å². The number of aromatic nitrogens is 1. The van der Waals surface area contributed by atoms with E-state index >= 15 is 0 Å². The van der Waals surface area contributed by atoms with E-state index in [1.807, 2.05) is 0 Å². The molecule has 0 unspecified atom stereocenters. The molecule has 0 saturated carbocycles. The first-order chi connectivity index (χ1) is 16.4. The number of methoxy groups -OCH3 is 1. The van der Waals surface area contributed by atoms with Gasteiger partial charge in [0.25, 0.3) is 20.0 Å². The maximum Gasteiger partial charge on any atom is 0.419 e. The Morgan fingerprint density at radius 1 is 0.886 bits per heavy atom. The molecule has 3 aromatic carbocycles. The summed E-state index contributed by atoms with van der Waals surface area (Å²) in [4.78, 5) is 11.6. The summed E-state index contributed by atoms with van der Waals surface area (Å²) in [5.41, 5.74) is 1.40. The van der Waals surface area contributed by atoms with Crippen molar-refractivity contribution in [2.24, 2.45) is 7.05 Å². The van der Waals surface area contributed by atoms with E-state index in [0.29, 0.717) is 11.1 Å². The molecule has 4 aromatic rings. The zero-order chi connectivity index (χ0) is 25.5. The second kappa shape index (κ2) is 8.95. The molecule has 1 aromatic heterocycles. The van der Waals surface area contributed by atoms with Crippen LogP contribution in [0.3, 0.4) is 0 Å². The Labute approximate surface area is 206 Å². The molecule has 0 spiro atoms. The Kier molecular flexibility index (Phi) is 6.30. The van der Waals surface area contributed by atoms with Gasteiger partial charge in [-0.1, -0.05) is 11.6 Å². The minimum atomic E-state index is -4.03. The van der Waals surface area contributed by atoms with Crippen molar-refractivity contribution in [1.82, 2.24) is 4.57 Å². The topological polar surface area (TPSA) is 137 Å². The van der Waals surface area contributed by atoms with Crippen LogP contribution in [0, 0.1) is 6.92 Å². The number of sulfonamides is 2. The van der Waals surface area contributed by atoms with E-state index in [1.54, 1.807) is 6.92 Å². The van der Waals surface area contributed by atoms with Crippen LogP contribution in [0.2, 0.25) is 5.02 Å². The number of ether oxygens (including phenoxy) is 1. The number of aryl methyl sites for hydroxylation is 2. The molecular weight excluding hydrogens is 518 g/mol. The zero-order valence-corrected chi connectivity index (χ0v) is 21.1. The van der Waals surface area contributed by atoms with Crippen molar-refractivity contribution in [3.63, 3.8) is 0 Å². The van der Waals surface area contributed by atoms with Crippen LogP contribution in [-0.2, 0) is 27.1 Å². The molecule has 0 amide bonds. The van der Waals surface area contributed by atoms with Gasteiger partial charge in [0.1, 0.15) is 10.6 Å². The average molecular weight is 538 g/mol. The molecule has 0 bridgehead atoms. The lowest BCUT2D eigenvalue weighted by Crippen LogP contribution is -2.16. The molecule has 35 heavy (non-hydrogen) atoms. The molecule has 184 valence electrons. The highest BCUT2D eigenvalue weighted by molar-refractivity contribution is 7.93. The highest BCUT2D eigenvalue weighted by atomic mass is 35.5. The molecule has 0 atom stereocenters. The maximum absolute atomic E-state index is 13.0. The highest BCUT2D eigenvalue weighted by Crippen LogP contribution is 2.29. The largest absolute Gasteiger partial charge is 0.495 e. The molecule has 0 saturated heterocycles. The minimum Gasteiger partial charge on any atom is -0.495 e. The summed E-state index contributed by atoms with van der Waals surface area (Å²) >= 11 is 5.93. The van der Waals surface area contributed by atoms with Crippen molar-refractivity contribution in [3.8, 4) is 5.75 Å². The van der Waals surface area contributed by atoms with Gasteiger partial charge in [0.05, 0.1) is 17.5 Å². The van der Waals surface area contributed by atoms with Gasteiger partial charge in [-0.3, -0.25) is 14.0 Å². The van der Waals surface area contributed by atoms with Crippen molar-refractivity contribution in [2.75, 3.05) is 16.6 Å². The maximum atomic E-state index is 13.0. The third-order valence-electron chi connectivity index (χ3n) is 5.18. The van der Waals surface area contributed by atoms with E-state index in [9.17, 15) is 21.6 Å². The third-order valence-corrected chi connectivity index (χ3v) is 8.34. The lowest BCUT2D eigenvalue weighted by atomic mass is 10.2. The summed E-state index contributed by atoms with van der Waals surface area (Å²) in [7, 11) is -5.24. The first kappa shape index (κ1) is 24.6. The number of halogens is 1. The van der Waals surface area contributed by atoms with Crippen molar-refractivity contribution in [1.29, 1.82) is 0 Å². The van der Waals surface area contributed by atoms with Crippen molar-refractivity contribution in [2.45, 2.75) is 16.7 Å². The molecule has 0 aliphatic rings. The molecular formula is C22H20ClN3O7S2. The summed E-state index contributed by atoms with van der Waals surface area (Å²) < 4.78 is 67.9. The van der Waals surface area contributed by atoms with Gasteiger partial charge in [-0.15, -0.1) is 0 Å². The molecule has 1 heterocycles. The number of hydrogen-bond donors (Lipinski definition) is 2. The number of oxazole rings is 1. The Morgan fingerprint density at radius 2 is 1.46 bits per heavy atom. The fourth-order valence-electron chi connectivity index (χ4n) is 3.43. The van der Waals surface area contributed by atoms with Crippen LogP contribution in [0.15, 0.2) is 73.6 Å². The highest BCUT2D eigenvalue weighted by Gasteiger charge is 2.22. The van der Waals surface area contributed by atoms with Crippen LogP contribution in [0.4, 0.5) is 11.4 Å². The van der Waals surface area contributed by atoms with Crippen LogP contribution in [0.5, 0.6) is 5.75 Å². The van der Waals surface area contributed by atoms with Crippen LogP contribution >= 0.6 is 11.6 Å². The molecule has 0 radical (unpaired) electrons. The van der Waals surface area contributed by atoms with E-state index in [2.05, 4.69) is 9.44 Å². The SMILES string of the molecule is COc1ccc(Cl)cc1S(=O)(=O)Nc1ccc(NS(=O)(=O)c2cc3c(cc2C)oc(=O)n3C)cc1. The number of benzene rings is 3. The van der Waals surface area contributed by atoms with Gasteiger partial charge < -0.3 is 9.15 Å². The number of nitrogens with zero attached hydrogens (tertiary/aromatic N) is 1. The average Bonchev–Trinajstić information content (AvgIpc) is 3.06. The molecule has 0 fully saturated rings. The normalized spacial score (nSPS) is 12.0. The fourth-order valence-corrected chi connectivity index (χ4v) is 6.23. The zero-order valence-electron chi connectivity index (χ0n) is 18.7. The first-order valence-electron chi connectivity index (χ1n) is 10.0. The molecule has 4 rings (SSSR count). The van der Waals surface area contributed by atoms with Gasteiger partial charge in [0.2, 0.25) is 0 Å². The van der Waals surface area contributed by atoms with E-state index in [-0.39, 0.29) is 37.5 Å². The summed E-state index contributed by atoms with van der Waals surface area (Å²) in [6, 6.07) is 12.7. The van der Waals surface area contributed by atoms with Crippen LogP contribution < -0.4 is 19.9 Å². The predicted octanol–water partition coefficient (Wildman–Crippen LogP) is 3.70. The van der Waals surface area contributed by atoms with Gasteiger partial charge in [-0.05, 0) is 67.1 Å². The lowest BCUT2D eigenvalue weighted by Gasteiger charge is -2.13. The smallest absolute Gasteiger partial charge is 0.419 e. The number of hydrogen-bond acceptors (Lipinski definition) is 7. The van der Waals surface area contributed by atoms with Crippen LogP contribution in [-0.4, -0.2) is 28.5 Å². The monoisotopic (exact) mass is 537 g/mol. The number of nitrogens with one attached hydrogen (secondary N) is 2. The lowest BCUT2D eigenvalue weighted by molar-refractivity contribution is 0.403. The quantitative estimate of drug-likeness (QED) is 0.366. The first-order valence-corrected chi connectivity index (χ1v) is 13.3. The minimum absolute atomic E-state index is 0.0285. The van der Waals surface area contributed by atoms with Gasteiger partial charge in [0, 0.05) is 23.4 Å². The molecule has 10 nitrogen and oxygen atoms in total. The van der Waals surface area contributed by atoms with E-state index < -0.39 is 25.8 Å². The van der Waals surface area contributed by atoms with Crippen LogP contribution in [0.1, 0.15) is 5.56 Å². The summed E-state index contributed by atoms with van der Waals surface area (Å²) in [6.07, 6.45) is 0. The van der Waals surface area contributed by atoms with E-state index in [4.69, 9.17) is 20.8 Å². The number of anilines is 2. The number of rotatable bonds is 7. The summed E-state index contributed by atoms with van der Waals surface area (Å²) in [5, 5.41) is 0.222. The Bertz CT molecular complexity index is 1710. The Morgan fingerprint density at radius 3 is 2.03 bits per heavy atom. The van der Waals surface area contributed by atoms with E-state index in [0.717, 1.165) is 0 Å². The Balaban J connectivity index is 1.58. The predicted molar refractivity (Wildman–Crippen MR) is 132 cm³/mol. The molecule has 13 heteroatoms.